The highest BCUT2D eigenvalue weighted by atomic mass is 35.5. The third-order valence-corrected chi connectivity index (χ3v) is 6.37. The van der Waals surface area contributed by atoms with Crippen molar-refractivity contribution in [1.82, 2.24) is 20.2 Å². The van der Waals surface area contributed by atoms with Crippen molar-refractivity contribution < 1.29 is 9.53 Å². The van der Waals surface area contributed by atoms with Crippen LogP contribution < -0.4 is 21.7 Å². The van der Waals surface area contributed by atoms with E-state index in [9.17, 15) is 4.79 Å². The standard InChI is InChI=1S/C21H28Cl2N6O2/c22-16-6-5-14(10-17(16)23)11-21(24)27-19-18(20(30)28-21)26-13-29(19)8-3-1-2-4-15-12-25-7-9-31-15/h5-6,10,13,15,25,27H,1-4,7-9,11-12,24H2,(H,28,30). The number of carbonyl (C=O) groups excluding carboxylic acids is 1. The number of nitrogens with two attached hydrogens (primary N) is 1. The molecular formula is C21H28Cl2N6O2. The van der Waals surface area contributed by atoms with Crippen LogP contribution in [-0.4, -0.2) is 47.0 Å². The fourth-order valence-corrected chi connectivity index (χ4v) is 4.37. The normalized spacial score (nSPS) is 23.2. The molecule has 0 saturated carbocycles. The van der Waals surface area contributed by atoms with Crippen LogP contribution >= 0.6 is 23.2 Å². The van der Waals surface area contributed by atoms with Crippen LogP contribution in [0, 0.1) is 0 Å². The number of nitrogens with one attached hydrogen (secondary N) is 3. The van der Waals surface area contributed by atoms with Crippen molar-refractivity contribution in [2.75, 3.05) is 25.0 Å². The first-order valence-corrected chi connectivity index (χ1v) is 11.4. The zero-order valence-electron chi connectivity index (χ0n) is 17.3. The van der Waals surface area contributed by atoms with Gasteiger partial charge in [0.15, 0.2) is 11.5 Å². The molecule has 10 heteroatoms. The van der Waals surface area contributed by atoms with Crippen LogP contribution in [-0.2, 0) is 17.7 Å². The number of morpholine rings is 1. The van der Waals surface area contributed by atoms with Crippen molar-refractivity contribution in [1.29, 1.82) is 0 Å². The average Bonchev–Trinajstić information content (AvgIpc) is 3.14. The number of hydrogen-bond donors (Lipinski definition) is 4. The van der Waals surface area contributed by atoms with Gasteiger partial charge in [-0.05, 0) is 30.5 Å². The first-order chi connectivity index (χ1) is 14.9. The summed E-state index contributed by atoms with van der Waals surface area (Å²) in [4.78, 5) is 16.9. The largest absolute Gasteiger partial charge is 0.376 e. The highest BCUT2D eigenvalue weighted by Crippen LogP contribution is 2.27. The highest BCUT2D eigenvalue weighted by Gasteiger charge is 2.37. The number of fused-ring (bicyclic) bond motifs is 1. The van der Waals surface area contributed by atoms with E-state index >= 15 is 0 Å². The topological polar surface area (TPSA) is 106 Å². The molecule has 2 aliphatic rings. The lowest BCUT2D eigenvalue weighted by Gasteiger charge is -2.36. The predicted molar refractivity (Wildman–Crippen MR) is 121 cm³/mol. The maximum atomic E-state index is 12.6. The molecule has 0 spiro atoms. The number of rotatable bonds is 8. The first kappa shape index (κ1) is 22.4. The zero-order chi connectivity index (χ0) is 21.8. The van der Waals surface area contributed by atoms with Crippen molar-refractivity contribution in [3.8, 4) is 0 Å². The Labute approximate surface area is 191 Å². The number of ether oxygens (including phenoxy) is 1. The molecule has 2 aliphatic heterocycles. The lowest BCUT2D eigenvalue weighted by molar-refractivity contribution is 0.0220. The molecule has 1 amide bonds. The summed E-state index contributed by atoms with van der Waals surface area (Å²) in [7, 11) is 0. The second-order valence-corrected chi connectivity index (χ2v) is 8.97. The average molecular weight is 467 g/mol. The Hall–Kier alpha value is -1.84. The Bertz CT molecular complexity index is 931. The van der Waals surface area contributed by atoms with E-state index in [0.29, 0.717) is 34.1 Å². The van der Waals surface area contributed by atoms with Gasteiger partial charge in [0.25, 0.3) is 5.91 Å². The lowest BCUT2D eigenvalue weighted by Crippen LogP contribution is -2.65. The molecule has 2 unspecified atom stereocenters. The number of aryl methyl sites for hydroxylation is 1. The van der Waals surface area contributed by atoms with Gasteiger partial charge in [-0.2, -0.15) is 0 Å². The molecule has 3 heterocycles. The molecule has 1 saturated heterocycles. The fourth-order valence-electron chi connectivity index (χ4n) is 4.05. The summed E-state index contributed by atoms with van der Waals surface area (Å²) in [5.41, 5.74) is 7.71. The van der Waals surface area contributed by atoms with Gasteiger partial charge in [0, 0.05) is 26.1 Å². The number of halogens is 2. The monoisotopic (exact) mass is 466 g/mol. The van der Waals surface area contributed by atoms with E-state index in [-0.39, 0.29) is 5.91 Å². The molecule has 1 fully saturated rings. The minimum absolute atomic E-state index is 0.294. The Morgan fingerprint density at radius 2 is 2.10 bits per heavy atom. The fraction of sp³-hybridized carbons (Fsp3) is 0.524. The number of carbonyl (C=O) groups is 1. The van der Waals surface area contributed by atoms with Gasteiger partial charge < -0.3 is 25.3 Å². The van der Waals surface area contributed by atoms with Gasteiger partial charge in [-0.25, -0.2) is 4.98 Å². The Morgan fingerprint density at radius 3 is 2.87 bits per heavy atom. The number of amides is 1. The van der Waals surface area contributed by atoms with Crippen LogP contribution in [0.25, 0.3) is 0 Å². The third kappa shape index (κ3) is 5.51. The Balaban J connectivity index is 1.34. The molecule has 5 N–H and O–H groups in total. The van der Waals surface area contributed by atoms with Gasteiger partial charge in [-0.3, -0.25) is 10.5 Å². The molecule has 4 rings (SSSR count). The maximum absolute atomic E-state index is 12.6. The summed E-state index contributed by atoms with van der Waals surface area (Å²) in [6.07, 6.45) is 6.58. The Morgan fingerprint density at radius 1 is 1.23 bits per heavy atom. The second-order valence-electron chi connectivity index (χ2n) is 8.16. The number of anilines is 1. The lowest BCUT2D eigenvalue weighted by atomic mass is 10.0. The summed E-state index contributed by atoms with van der Waals surface area (Å²) in [5, 5.41) is 10.4. The van der Waals surface area contributed by atoms with Crippen LogP contribution in [0.4, 0.5) is 5.82 Å². The number of imidazole rings is 1. The zero-order valence-corrected chi connectivity index (χ0v) is 18.8. The van der Waals surface area contributed by atoms with Crippen molar-refractivity contribution in [3.05, 3.63) is 45.8 Å². The van der Waals surface area contributed by atoms with E-state index in [1.165, 1.54) is 0 Å². The smallest absolute Gasteiger partial charge is 0.276 e. The molecule has 2 aromatic rings. The summed E-state index contributed by atoms with van der Waals surface area (Å²) in [6, 6.07) is 5.32. The van der Waals surface area contributed by atoms with Crippen LogP contribution in [0.1, 0.15) is 41.7 Å². The van der Waals surface area contributed by atoms with E-state index in [2.05, 4.69) is 20.9 Å². The summed E-state index contributed by atoms with van der Waals surface area (Å²) >= 11 is 12.1. The maximum Gasteiger partial charge on any atom is 0.276 e. The number of unbranched alkanes of at least 4 members (excludes halogenated alkanes) is 2. The van der Waals surface area contributed by atoms with E-state index in [4.69, 9.17) is 33.7 Å². The predicted octanol–water partition coefficient (Wildman–Crippen LogP) is 2.75. The van der Waals surface area contributed by atoms with E-state index in [1.807, 2.05) is 10.6 Å². The number of hydrogen-bond acceptors (Lipinski definition) is 6. The number of benzene rings is 1. The summed E-state index contributed by atoms with van der Waals surface area (Å²) in [6.45, 7) is 3.43. The third-order valence-electron chi connectivity index (χ3n) is 5.63. The molecule has 31 heavy (non-hydrogen) atoms. The van der Waals surface area contributed by atoms with Gasteiger partial charge in [0.2, 0.25) is 0 Å². The van der Waals surface area contributed by atoms with Crippen LogP contribution in [0.2, 0.25) is 10.0 Å². The van der Waals surface area contributed by atoms with Crippen molar-refractivity contribution in [3.63, 3.8) is 0 Å². The van der Waals surface area contributed by atoms with Crippen LogP contribution in [0.5, 0.6) is 0 Å². The van der Waals surface area contributed by atoms with Crippen LogP contribution in [0.3, 0.4) is 0 Å². The summed E-state index contributed by atoms with van der Waals surface area (Å²) < 4.78 is 7.70. The van der Waals surface area contributed by atoms with Crippen molar-refractivity contribution >= 4 is 34.9 Å². The van der Waals surface area contributed by atoms with Gasteiger partial charge in [0.1, 0.15) is 5.82 Å². The van der Waals surface area contributed by atoms with Gasteiger partial charge in [0.05, 0.1) is 29.1 Å². The highest BCUT2D eigenvalue weighted by molar-refractivity contribution is 6.42. The van der Waals surface area contributed by atoms with Gasteiger partial charge >= 0.3 is 0 Å². The van der Waals surface area contributed by atoms with Gasteiger partial charge in [-0.1, -0.05) is 42.1 Å². The molecule has 8 nitrogen and oxygen atoms in total. The van der Waals surface area contributed by atoms with Gasteiger partial charge in [-0.15, -0.1) is 0 Å². The molecule has 1 aromatic carbocycles. The molecular weight excluding hydrogens is 439 g/mol. The van der Waals surface area contributed by atoms with Crippen molar-refractivity contribution in [2.45, 2.75) is 50.5 Å². The molecule has 0 radical (unpaired) electrons. The molecule has 168 valence electrons. The first-order valence-electron chi connectivity index (χ1n) is 10.6. The SMILES string of the molecule is NC1(Cc2ccc(Cl)c(Cl)c2)NC(=O)c2ncn(CCCCCC3CNCCO3)c2N1. The van der Waals surface area contributed by atoms with Crippen molar-refractivity contribution in [2.24, 2.45) is 5.73 Å². The number of nitrogens with zero attached hydrogens (tertiary/aromatic N) is 2. The minimum atomic E-state index is -1.15. The second kappa shape index (κ2) is 9.75. The summed E-state index contributed by atoms with van der Waals surface area (Å²) in [5.74, 6) is -0.798. The van der Waals surface area contributed by atoms with E-state index in [0.717, 1.165) is 57.5 Å². The molecule has 1 aromatic heterocycles. The molecule has 0 aliphatic carbocycles. The number of aromatic nitrogens is 2. The molecule has 2 atom stereocenters. The van der Waals surface area contributed by atoms with E-state index in [1.54, 1.807) is 18.5 Å². The quantitative estimate of drug-likeness (QED) is 0.445. The van der Waals surface area contributed by atoms with E-state index < -0.39 is 5.79 Å². The molecule has 0 bridgehead atoms. The van der Waals surface area contributed by atoms with Crippen LogP contribution in [0.15, 0.2) is 24.5 Å². The Kier molecular flexibility index (Phi) is 7.03. The minimum Gasteiger partial charge on any atom is -0.376 e.